The molecule has 1 saturated heterocycles. The van der Waals surface area contributed by atoms with Crippen molar-refractivity contribution in [2.24, 2.45) is 0 Å². The van der Waals surface area contributed by atoms with Crippen LogP contribution in [0.3, 0.4) is 0 Å². The van der Waals surface area contributed by atoms with Gasteiger partial charge in [0.1, 0.15) is 11.3 Å². The number of nitrogens with zero attached hydrogens (tertiary/aromatic N) is 1. The smallest absolute Gasteiger partial charge is 0.413 e. The van der Waals surface area contributed by atoms with E-state index in [1.54, 1.807) is 4.90 Å². The maximum absolute atomic E-state index is 12.2. The van der Waals surface area contributed by atoms with Crippen molar-refractivity contribution in [2.75, 3.05) is 11.9 Å². The number of ether oxygens (including phenoxy) is 2. The van der Waals surface area contributed by atoms with E-state index in [9.17, 15) is 4.79 Å². The largest absolute Gasteiger partial charge is 0.444 e. The molecular formula is C13H22BrNO3. The van der Waals surface area contributed by atoms with Crippen LogP contribution in [0.5, 0.6) is 0 Å². The molecule has 1 aliphatic heterocycles. The number of carbonyl (C=O) groups excluding carboxylic acids is 1. The van der Waals surface area contributed by atoms with E-state index in [1.807, 2.05) is 46.8 Å². The third-order valence-electron chi connectivity index (χ3n) is 2.56. The lowest BCUT2D eigenvalue weighted by Crippen LogP contribution is -2.49. The fraction of sp³-hybridized carbons (Fsp3) is 0.769. The molecule has 1 rings (SSSR count). The summed E-state index contributed by atoms with van der Waals surface area (Å²) in [6.07, 6.45) is 3.59. The van der Waals surface area contributed by atoms with E-state index < -0.39 is 11.3 Å². The Balaban J connectivity index is 2.85. The quantitative estimate of drug-likeness (QED) is 0.579. The van der Waals surface area contributed by atoms with Crippen molar-refractivity contribution >= 4 is 22.0 Å². The molecule has 1 heterocycles. The Morgan fingerprint density at radius 3 is 2.67 bits per heavy atom. The number of allylic oxidation sites excluding steroid dienone is 1. The van der Waals surface area contributed by atoms with Gasteiger partial charge in [0.25, 0.3) is 0 Å². The molecule has 104 valence electrons. The number of hydrogen-bond donors (Lipinski definition) is 0. The maximum Gasteiger partial charge on any atom is 0.413 e. The Bertz CT molecular complexity index is 334. The molecule has 0 aromatic rings. The first kappa shape index (κ1) is 15.5. The summed E-state index contributed by atoms with van der Waals surface area (Å²) in [6, 6.07) is -0.0765. The Morgan fingerprint density at radius 1 is 1.56 bits per heavy atom. The maximum atomic E-state index is 12.2. The van der Waals surface area contributed by atoms with Gasteiger partial charge in [-0.1, -0.05) is 28.1 Å². The minimum absolute atomic E-state index is 0.0765. The molecule has 1 atom stereocenters. The van der Waals surface area contributed by atoms with Crippen LogP contribution in [0.4, 0.5) is 4.79 Å². The number of alkyl halides is 1. The Kier molecular flexibility index (Phi) is 4.84. The van der Waals surface area contributed by atoms with Crippen molar-refractivity contribution in [3.63, 3.8) is 0 Å². The minimum atomic E-state index is -0.635. The van der Waals surface area contributed by atoms with Gasteiger partial charge in [0, 0.05) is 5.33 Å². The second kappa shape index (κ2) is 5.61. The molecule has 0 aliphatic carbocycles. The van der Waals surface area contributed by atoms with Crippen molar-refractivity contribution in [3.05, 3.63) is 12.2 Å². The molecule has 4 nitrogen and oxygen atoms in total. The Hall–Kier alpha value is -0.550. The highest BCUT2D eigenvalue weighted by molar-refractivity contribution is 9.09. The average molecular weight is 320 g/mol. The number of carbonyl (C=O) groups is 1. The standard InChI is InChI=1S/C13H22BrNO3/c1-12(2,3)18-11(16)15-10(7-6-8-14)9-17-13(15,4)5/h6-7,10H,8-9H2,1-5H3/t10-/m0/s1. The highest BCUT2D eigenvalue weighted by Crippen LogP contribution is 2.29. The lowest BCUT2D eigenvalue weighted by Gasteiger charge is -2.34. The summed E-state index contributed by atoms with van der Waals surface area (Å²) in [6.45, 7) is 9.82. The zero-order chi connectivity index (χ0) is 14.0. The van der Waals surface area contributed by atoms with Gasteiger partial charge >= 0.3 is 6.09 Å². The Morgan fingerprint density at radius 2 is 2.17 bits per heavy atom. The van der Waals surface area contributed by atoms with Gasteiger partial charge in [-0.2, -0.15) is 0 Å². The van der Waals surface area contributed by atoms with Crippen LogP contribution in [0.15, 0.2) is 12.2 Å². The summed E-state index contributed by atoms with van der Waals surface area (Å²) in [5, 5.41) is 0.756. The third-order valence-corrected chi connectivity index (χ3v) is 2.93. The van der Waals surface area contributed by atoms with Crippen molar-refractivity contribution in [1.29, 1.82) is 0 Å². The van der Waals surface area contributed by atoms with Crippen molar-refractivity contribution in [3.8, 4) is 0 Å². The molecule has 0 bridgehead atoms. The molecule has 1 aliphatic rings. The summed E-state index contributed by atoms with van der Waals surface area (Å²) < 4.78 is 11.1. The molecule has 18 heavy (non-hydrogen) atoms. The lowest BCUT2D eigenvalue weighted by molar-refractivity contribution is -0.0610. The normalized spacial score (nSPS) is 23.7. The monoisotopic (exact) mass is 319 g/mol. The van der Waals surface area contributed by atoms with Crippen LogP contribution < -0.4 is 0 Å². The Labute approximate surface area is 117 Å². The van der Waals surface area contributed by atoms with Crippen LogP contribution in [-0.4, -0.2) is 40.3 Å². The SMILES string of the molecule is CC(C)(C)OC(=O)N1[C@@H](C=CCBr)COC1(C)C. The van der Waals surface area contributed by atoms with Crippen LogP contribution >= 0.6 is 15.9 Å². The molecule has 1 amide bonds. The van der Waals surface area contributed by atoms with Crippen molar-refractivity contribution in [2.45, 2.75) is 52.0 Å². The summed E-state index contributed by atoms with van der Waals surface area (Å²) in [5.41, 5.74) is -1.14. The summed E-state index contributed by atoms with van der Waals surface area (Å²) >= 11 is 3.33. The summed E-state index contributed by atoms with van der Waals surface area (Å²) in [7, 11) is 0. The molecule has 0 spiro atoms. The van der Waals surface area contributed by atoms with Crippen molar-refractivity contribution < 1.29 is 14.3 Å². The molecule has 0 N–H and O–H groups in total. The fourth-order valence-electron chi connectivity index (χ4n) is 1.85. The lowest BCUT2D eigenvalue weighted by atomic mass is 10.2. The molecule has 0 aromatic heterocycles. The molecule has 1 fully saturated rings. The predicted molar refractivity (Wildman–Crippen MR) is 74.8 cm³/mol. The van der Waals surface area contributed by atoms with Crippen LogP contribution in [0.1, 0.15) is 34.6 Å². The van der Waals surface area contributed by atoms with E-state index in [0.29, 0.717) is 6.61 Å². The van der Waals surface area contributed by atoms with E-state index in [-0.39, 0.29) is 12.1 Å². The van der Waals surface area contributed by atoms with Crippen molar-refractivity contribution in [1.82, 2.24) is 4.90 Å². The van der Waals surface area contributed by atoms with E-state index in [0.717, 1.165) is 5.33 Å². The van der Waals surface area contributed by atoms with E-state index in [1.165, 1.54) is 0 Å². The van der Waals surface area contributed by atoms with Crippen LogP contribution in [0.2, 0.25) is 0 Å². The van der Waals surface area contributed by atoms with Gasteiger partial charge in [-0.05, 0) is 34.6 Å². The molecule has 0 aromatic carbocycles. The van der Waals surface area contributed by atoms with Gasteiger partial charge in [0.05, 0.1) is 12.6 Å². The zero-order valence-electron chi connectivity index (χ0n) is 11.7. The highest BCUT2D eigenvalue weighted by atomic mass is 79.9. The van der Waals surface area contributed by atoms with Gasteiger partial charge in [-0.25, -0.2) is 4.79 Å². The van der Waals surface area contributed by atoms with E-state index >= 15 is 0 Å². The topological polar surface area (TPSA) is 38.8 Å². The summed E-state index contributed by atoms with van der Waals surface area (Å²) in [5.74, 6) is 0. The number of hydrogen-bond acceptors (Lipinski definition) is 3. The van der Waals surface area contributed by atoms with Gasteiger partial charge in [0.15, 0.2) is 0 Å². The third kappa shape index (κ3) is 3.99. The van der Waals surface area contributed by atoms with Gasteiger partial charge in [-0.3, -0.25) is 4.90 Å². The fourth-order valence-corrected chi connectivity index (χ4v) is 2.07. The molecular weight excluding hydrogens is 298 g/mol. The number of halogens is 1. The van der Waals surface area contributed by atoms with E-state index in [4.69, 9.17) is 9.47 Å². The van der Waals surface area contributed by atoms with Gasteiger partial charge in [0.2, 0.25) is 0 Å². The number of amides is 1. The molecule has 0 radical (unpaired) electrons. The van der Waals surface area contributed by atoms with Gasteiger partial charge < -0.3 is 9.47 Å². The minimum Gasteiger partial charge on any atom is -0.444 e. The first-order valence-electron chi connectivity index (χ1n) is 6.06. The molecule has 0 saturated carbocycles. The zero-order valence-corrected chi connectivity index (χ0v) is 13.3. The number of rotatable bonds is 2. The van der Waals surface area contributed by atoms with Gasteiger partial charge in [-0.15, -0.1) is 0 Å². The van der Waals surface area contributed by atoms with Crippen LogP contribution in [0, 0.1) is 0 Å². The van der Waals surface area contributed by atoms with E-state index in [2.05, 4.69) is 15.9 Å². The summed E-state index contributed by atoms with van der Waals surface area (Å²) in [4.78, 5) is 13.9. The van der Waals surface area contributed by atoms with Crippen LogP contribution in [0.25, 0.3) is 0 Å². The average Bonchev–Trinajstić information content (AvgIpc) is 2.48. The predicted octanol–water partition coefficient (Wildman–Crippen LogP) is 3.31. The van der Waals surface area contributed by atoms with Crippen LogP contribution in [-0.2, 0) is 9.47 Å². The first-order chi connectivity index (χ1) is 8.17. The molecule has 5 heteroatoms. The molecule has 0 unspecified atom stereocenters. The second-order valence-electron chi connectivity index (χ2n) is 5.76. The highest BCUT2D eigenvalue weighted by Gasteiger charge is 2.44. The second-order valence-corrected chi connectivity index (χ2v) is 6.41. The first-order valence-corrected chi connectivity index (χ1v) is 7.18.